The van der Waals surface area contributed by atoms with E-state index in [1.165, 1.54) is 0 Å². The number of carbonyl (C=O) groups excluding carboxylic acids is 1. The lowest BCUT2D eigenvalue weighted by molar-refractivity contribution is -0.116. The maximum Gasteiger partial charge on any atom is 0.225 e. The number of rotatable bonds is 9. The van der Waals surface area contributed by atoms with E-state index < -0.39 is 6.10 Å². The second-order valence-corrected chi connectivity index (χ2v) is 6.22. The topological polar surface area (TPSA) is 83.7 Å². The number of amides is 1. The molecule has 0 spiro atoms. The van der Waals surface area contributed by atoms with Gasteiger partial charge in [0.2, 0.25) is 5.91 Å². The van der Waals surface area contributed by atoms with Gasteiger partial charge >= 0.3 is 0 Å². The highest BCUT2D eigenvalue weighted by molar-refractivity contribution is 5.91. The summed E-state index contributed by atoms with van der Waals surface area (Å²) in [4.78, 5) is 12.1. The third-order valence-electron chi connectivity index (χ3n) is 3.88. The van der Waals surface area contributed by atoms with Gasteiger partial charge in [-0.25, -0.2) is 0 Å². The van der Waals surface area contributed by atoms with E-state index >= 15 is 0 Å². The summed E-state index contributed by atoms with van der Waals surface area (Å²) in [5, 5.41) is 16.3. The number of hydrogen-bond donors (Lipinski definition) is 3. The largest absolute Gasteiger partial charge is 0.497 e. The van der Waals surface area contributed by atoms with Crippen LogP contribution in [0, 0.1) is 0 Å². The summed E-state index contributed by atoms with van der Waals surface area (Å²) in [6.45, 7) is 3.92. The van der Waals surface area contributed by atoms with Gasteiger partial charge in [-0.1, -0.05) is 0 Å². The average molecular weight is 346 g/mol. The molecule has 1 aromatic heterocycles. The molecule has 0 aliphatic carbocycles. The minimum absolute atomic E-state index is 0.0166. The summed E-state index contributed by atoms with van der Waals surface area (Å²) in [6, 6.07) is 10.7. The highest BCUT2D eigenvalue weighted by Gasteiger charge is 2.17. The number of benzene rings is 1. The summed E-state index contributed by atoms with van der Waals surface area (Å²) in [7, 11) is 1.60. The molecule has 0 aliphatic rings. The second-order valence-electron chi connectivity index (χ2n) is 6.22. The van der Waals surface area contributed by atoms with Crippen molar-refractivity contribution in [3.05, 3.63) is 48.4 Å². The van der Waals surface area contributed by atoms with Crippen LogP contribution in [0.2, 0.25) is 0 Å². The van der Waals surface area contributed by atoms with Crippen LogP contribution < -0.4 is 15.4 Å². The molecular weight excluding hydrogens is 320 g/mol. The number of aliphatic hydroxyl groups is 1. The van der Waals surface area contributed by atoms with Gasteiger partial charge in [-0.05, 0) is 56.7 Å². The van der Waals surface area contributed by atoms with Crippen LogP contribution in [0.3, 0.4) is 0 Å². The first-order valence-corrected chi connectivity index (χ1v) is 8.39. The molecule has 2 rings (SSSR count). The first-order chi connectivity index (χ1) is 12.0. The molecule has 6 nitrogen and oxygen atoms in total. The Hall–Kier alpha value is -2.31. The Morgan fingerprint density at radius 1 is 1.20 bits per heavy atom. The minimum Gasteiger partial charge on any atom is -0.497 e. The van der Waals surface area contributed by atoms with Crippen molar-refractivity contribution in [3.63, 3.8) is 0 Å². The van der Waals surface area contributed by atoms with Gasteiger partial charge in [0.25, 0.3) is 0 Å². The maximum absolute atomic E-state index is 12.1. The SMILES string of the molecule is COc1ccc(NC(=O)CC(C)NC(C)CC(O)c2ccco2)cc1. The molecule has 1 amide bonds. The monoisotopic (exact) mass is 346 g/mol. The molecule has 0 aliphatic heterocycles. The number of methoxy groups -OCH3 is 1. The van der Waals surface area contributed by atoms with Crippen molar-refractivity contribution in [2.45, 2.75) is 44.9 Å². The molecule has 3 atom stereocenters. The van der Waals surface area contributed by atoms with Crippen LogP contribution in [0.15, 0.2) is 47.1 Å². The molecule has 2 aromatic rings. The predicted molar refractivity (Wildman–Crippen MR) is 96.6 cm³/mol. The quantitative estimate of drug-likeness (QED) is 0.650. The molecule has 0 bridgehead atoms. The predicted octanol–water partition coefficient (Wildman–Crippen LogP) is 3.11. The third-order valence-corrected chi connectivity index (χ3v) is 3.88. The van der Waals surface area contributed by atoms with Crippen LogP contribution in [-0.4, -0.2) is 30.2 Å². The highest BCUT2D eigenvalue weighted by Crippen LogP contribution is 2.19. The molecular formula is C19H26N2O4. The normalized spacial score (nSPS) is 14.6. The number of nitrogens with one attached hydrogen (secondary N) is 2. The van der Waals surface area contributed by atoms with Crippen LogP contribution in [0.5, 0.6) is 5.75 Å². The van der Waals surface area contributed by atoms with Gasteiger partial charge in [-0.3, -0.25) is 4.79 Å². The number of anilines is 1. The van der Waals surface area contributed by atoms with Crippen molar-refractivity contribution in [1.29, 1.82) is 0 Å². The van der Waals surface area contributed by atoms with Crippen molar-refractivity contribution in [2.75, 3.05) is 12.4 Å². The van der Waals surface area contributed by atoms with E-state index in [4.69, 9.17) is 9.15 Å². The Labute approximate surface area is 148 Å². The lowest BCUT2D eigenvalue weighted by Crippen LogP contribution is -2.37. The fraction of sp³-hybridized carbons (Fsp3) is 0.421. The summed E-state index contributed by atoms with van der Waals surface area (Å²) >= 11 is 0. The van der Waals surface area contributed by atoms with Crippen LogP contribution in [0.1, 0.15) is 38.6 Å². The summed E-state index contributed by atoms with van der Waals surface area (Å²) < 4.78 is 10.3. The van der Waals surface area contributed by atoms with Crippen molar-refractivity contribution >= 4 is 11.6 Å². The minimum atomic E-state index is -0.655. The fourth-order valence-corrected chi connectivity index (χ4v) is 2.71. The Kier molecular flexibility index (Phi) is 7.03. The number of hydrogen-bond acceptors (Lipinski definition) is 5. The molecule has 3 unspecified atom stereocenters. The number of ether oxygens (including phenoxy) is 1. The van der Waals surface area contributed by atoms with Gasteiger partial charge in [-0.15, -0.1) is 0 Å². The number of aliphatic hydroxyl groups excluding tert-OH is 1. The van der Waals surface area contributed by atoms with Crippen molar-refractivity contribution in [2.24, 2.45) is 0 Å². The van der Waals surface area contributed by atoms with E-state index in [0.717, 1.165) is 11.4 Å². The van der Waals surface area contributed by atoms with E-state index in [0.29, 0.717) is 18.6 Å². The smallest absolute Gasteiger partial charge is 0.225 e. The molecule has 6 heteroatoms. The van der Waals surface area contributed by atoms with Gasteiger partial charge in [0.1, 0.15) is 17.6 Å². The van der Waals surface area contributed by atoms with Gasteiger partial charge in [-0.2, -0.15) is 0 Å². The van der Waals surface area contributed by atoms with E-state index in [-0.39, 0.29) is 18.0 Å². The lowest BCUT2D eigenvalue weighted by atomic mass is 10.1. The zero-order valence-corrected chi connectivity index (χ0v) is 14.9. The van der Waals surface area contributed by atoms with Gasteiger partial charge in [0.05, 0.1) is 13.4 Å². The van der Waals surface area contributed by atoms with Crippen LogP contribution in [-0.2, 0) is 4.79 Å². The number of furan rings is 1. The Morgan fingerprint density at radius 2 is 1.92 bits per heavy atom. The van der Waals surface area contributed by atoms with E-state index in [2.05, 4.69) is 10.6 Å². The Morgan fingerprint density at radius 3 is 2.52 bits per heavy atom. The summed E-state index contributed by atoms with van der Waals surface area (Å²) in [5.74, 6) is 1.24. The van der Waals surface area contributed by atoms with E-state index in [9.17, 15) is 9.90 Å². The molecule has 0 fully saturated rings. The molecule has 3 N–H and O–H groups in total. The standard InChI is InChI=1S/C19H26N2O4/c1-13(11-17(22)18-5-4-10-25-18)20-14(2)12-19(23)21-15-6-8-16(24-3)9-7-15/h4-10,13-14,17,20,22H,11-12H2,1-3H3,(H,21,23). The van der Waals surface area contributed by atoms with Gasteiger partial charge < -0.3 is 24.9 Å². The lowest BCUT2D eigenvalue weighted by Gasteiger charge is -2.21. The third kappa shape index (κ3) is 6.25. The maximum atomic E-state index is 12.1. The molecule has 25 heavy (non-hydrogen) atoms. The zero-order valence-electron chi connectivity index (χ0n) is 14.9. The summed E-state index contributed by atoms with van der Waals surface area (Å²) in [5.41, 5.74) is 0.735. The summed E-state index contributed by atoms with van der Waals surface area (Å²) in [6.07, 6.45) is 1.74. The highest BCUT2D eigenvalue weighted by atomic mass is 16.5. The molecule has 1 heterocycles. The van der Waals surface area contributed by atoms with Gasteiger partial charge in [0.15, 0.2) is 0 Å². The Bertz CT molecular complexity index is 640. The van der Waals surface area contributed by atoms with Crippen LogP contribution in [0.4, 0.5) is 5.69 Å². The Balaban J connectivity index is 1.74. The second kappa shape index (κ2) is 9.25. The van der Waals surface area contributed by atoms with Crippen molar-refractivity contribution in [1.82, 2.24) is 5.32 Å². The zero-order chi connectivity index (χ0) is 18.2. The molecule has 0 saturated heterocycles. The first-order valence-electron chi connectivity index (χ1n) is 8.39. The van der Waals surface area contributed by atoms with Crippen molar-refractivity contribution in [3.8, 4) is 5.75 Å². The van der Waals surface area contributed by atoms with E-state index in [1.54, 1.807) is 49.8 Å². The molecule has 1 aromatic carbocycles. The first kappa shape index (κ1) is 19.0. The van der Waals surface area contributed by atoms with Gasteiger partial charge in [0, 0.05) is 24.2 Å². The fourth-order valence-electron chi connectivity index (χ4n) is 2.71. The molecule has 136 valence electrons. The van der Waals surface area contributed by atoms with Crippen LogP contribution >= 0.6 is 0 Å². The van der Waals surface area contributed by atoms with Crippen LogP contribution in [0.25, 0.3) is 0 Å². The molecule has 0 saturated carbocycles. The van der Waals surface area contributed by atoms with E-state index in [1.807, 2.05) is 13.8 Å². The number of carbonyl (C=O) groups is 1. The van der Waals surface area contributed by atoms with Crippen molar-refractivity contribution < 1.29 is 19.1 Å². The molecule has 0 radical (unpaired) electrons. The average Bonchev–Trinajstić information content (AvgIpc) is 3.09.